The van der Waals surface area contributed by atoms with E-state index in [1.54, 1.807) is 51.1 Å². The SMILES string of the molecule is COC(=O)COc1ccc(C[C@H](NC(=O)OC(C)(C)C)C(O)C(F)(F)C(=O)NCc2ccccc2)cc1. The Hall–Kier alpha value is -3.73. The van der Waals surface area contributed by atoms with Crippen molar-refractivity contribution in [1.29, 1.82) is 0 Å². The van der Waals surface area contributed by atoms with Crippen LogP contribution in [-0.4, -0.2) is 60.5 Å². The summed E-state index contributed by atoms with van der Waals surface area (Å²) in [5.41, 5.74) is 0.110. The van der Waals surface area contributed by atoms with Crippen LogP contribution in [0.2, 0.25) is 0 Å². The van der Waals surface area contributed by atoms with E-state index >= 15 is 8.78 Å². The Kier molecular flexibility index (Phi) is 10.4. The van der Waals surface area contributed by atoms with Crippen molar-refractivity contribution >= 4 is 18.0 Å². The maximum atomic E-state index is 15.0. The number of alkyl carbamates (subject to hydrolysis) is 1. The molecule has 2 amide bonds. The van der Waals surface area contributed by atoms with Gasteiger partial charge < -0.3 is 30.0 Å². The van der Waals surface area contributed by atoms with E-state index in [-0.39, 0.29) is 19.6 Å². The fraction of sp³-hybridized carbons (Fsp3) is 0.423. The van der Waals surface area contributed by atoms with E-state index in [1.165, 1.54) is 31.4 Å². The van der Waals surface area contributed by atoms with Crippen molar-refractivity contribution in [2.75, 3.05) is 13.7 Å². The number of hydrogen-bond donors (Lipinski definition) is 3. The van der Waals surface area contributed by atoms with Crippen LogP contribution in [-0.2, 0) is 32.0 Å². The average Bonchev–Trinajstić information content (AvgIpc) is 2.85. The Morgan fingerprint density at radius 2 is 1.59 bits per heavy atom. The highest BCUT2D eigenvalue weighted by molar-refractivity contribution is 5.84. The van der Waals surface area contributed by atoms with E-state index in [1.807, 2.05) is 0 Å². The summed E-state index contributed by atoms with van der Waals surface area (Å²) in [6.45, 7) is 4.30. The quantitative estimate of drug-likeness (QED) is 0.388. The monoisotopic (exact) mass is 522 g/mol. The van der Waals surface area contributed by atoms with Crippen LogP contribution in [0.1, 0.15) is 31.9 Å². The smallest absolute Gasteiger partial charge is 0.407 e. The molecule has 2 aromatic rings. The molecule has 11 heteroatoms. The number of carbonyl (C=O) groups is 3. The zero-order valence-electron chi connectivity index (χ0n) is 21.1. The maximum Gasteiger partial charge on any atom is 0.407 e. The minimum absolute atomic E-state index is 0.167. The second-order valence-electron chi connectivity index (χ2n) is 9.20. The van der Waals surface area contributed by atoms with Crippen LogP contribution in [0.15, 0.2) is 54.6 Å². The first-order valence-electron chi connectivity index (χ1n) is 11.5. The Balaban J connectivity index is 2.17. The highest BCUT2D eigenvalue weighted by Gasteiger charge is 2.50. The third-order valence-electron chi connectivity index (χ3n) is 5.02. The lowest BCUT2D eigenvalue weighted by atomic mass is 9.96. The third-order valence-corrected chi connectivity index (χ3v) is 5.02. The number of esters is 1. The molecule has 0 aliphatic carbocycles. The molecule has 0 bridgehead atoms. The molecule has 2 aromatic carbocycles. The first kappa shape index (κ1) is 29.5. The predicted octanol–water partition coefficient (Wildman–Crippen LogP) is 2.99. The maximum absolute atomic E-state index is 15.0. The van der Waals surface area contributed by atoms with Crippen molar-refractivity contribution < 1.29 is 42.5 Å². The van der Waals surface area contributed by atoms with Crippen LogP contribution in [0.3, 0.4) is 0 Å². The molecule has 9 nitrogen and oxygen atoms in total. The topological polar surface area (TPSA) is 123 Å². The summed E-state index contributed by atoms with van der Waals surface area (Å²) in [7, 11) is 1.22. The van der Waals surface area contributed by atoms with Gasteiger partial charge in [0.1, 0.15) is 17.5 Å². The number of ether oxygens (including phenoxy) is 3. The summed E-state index contributed by atoms with van der Waals surface area (Å²) >= 11 is 0. The van der Waals surface area contributed by atoms with Gasteiger partial charge in [0.15, 0.2) is 6.61 Å². The highest BCUT2D eigenvalue weighted by atomic mass is 19.3. The molecule has 0 aliphatic heterocycles. The summed E-state index contributed by atoms with van der Waals surface area (Å²) in [5, 5.41) is 15.0. The van der Waals surface area contributed by atoms with Gasteiger partial charge in [-0.1, -0.05) is 42.5 Å². The first-order chi connectivity index (χ1) is 17.3. The normalized spacial score (nSPS) is 13.2. The molecule has 2 rings (SSSR count). The van der Waals surface area contributed by atoms with E-state index < -0.39 is 41.6 Å². The number of benzene rings is 2. The molecule has 0 saturated carbocycles. The van der Waals surface area contributed by atoms with Crippen molar-refractivity contribution in [2.45, 2.75) is 57.4 Å². The lowest BCUT2D eigenvalue weighted by Crippen LogP contribution is -2.58. The molecule has 0 aromatic heterocycles. The standard InChI is InChI=1S/C26H32F2N2O7/c1-25(2,3)37-24(34)30-20(14-17-10-12-19(13-11-17)36-16-21(31)35-4)22(32)26(27,28)23(33)29-15-18-8-6-5-7-9-18/h5-13,20,22,32H,14-16H2,1-4H3,(H,29,33)(H,30,34)/t20-,22?/m0/s1. The van der Waals surface area contributed by atoms with Gasteiger partial charge in [0.05, 0.1) is 13.2 Å². The van der Waals surface area contributed by atoms with Gasteiger partial charge in [-0.2, -0.15) is 8.78 Å². The molecule has 0 spiro atoms. The summed E-state index contributed by atoms with van der Waals surface area (Å²) in [4.78, 5) is 35.9. The van der Waals surface area contributed by atoms with Crippen molar-refractivity contribution in [2.24, 2.45) is 0 Å². The number of aliphatic hydroxyl groups excluding tert-OH is 1. The van der Waals surface area contributed by atoms with Crippen molar-refractivity contribution in [3.8, 4) is 5.75 Å². The van der Waals surface area contributed by atoms with Crippen molar-refractivity contribution in [1.82, 2.24) is 10.6 Å². The van der Waals surface area contributed by atoms with Crippen LogP contribution in [0, 0.1) is 0 Å². The summed E-state index contributed by atoms with van der Waals surface area (Å²) in [6.07, 6.45) is -3.87. The second-order valence-corrected chi connectivity index (χ2v) is 9.20. The lowest BCUT2D eigenvalue weighted by Gasteiger charge is -2.30. The molecule has 0 radical (unpaired) electrons. The molecule has 1 unspecified atom stereocenters. The second kappa shape index (κ2) is 13.0. The predicted molar refractivity (Wildman–Crippen MR) is 130 cm³/mol. The first-order valence-corrected chi connectivity index (χ1v) is 11.5. The summed E-state index contributed by atoms with van der Waals surface area (Å²) in [5.74, 6) is -6.19. The number of methoxy groups -OCH3 is 1. The van der Waals surface area contributed by atoms with Gasteiger partial charge in [0.25, 0.3) is 5.91 Å². The molecule has 0 heterocycles. The van der Waals surface area contributed by atoms with Gasteiger partial charge in [-0.05, 0) is 50.5 Å². The van der Waals surface area contributed by atoms with Gasteiger partial charge in [-0.15, -0.1) is 0 Å². The summed E-state index contributed by atoms with van der Waals surface area (Å²) < 4.78 is 44.9. The van der Waals surface area contributed by atoms with Crippen LogP contribution in [0.25, 0.3) is 0 Å². The number of alkyl halides is 2. The molecule has 202 valence electrons. The van der Waals surface area contributed by atoms with Crippen LogP contribution >= 0.6 is 0 Å². The van der Waals surface area contributed by atoms with E-state index in [4.69, 9.17) is 9.47 Å². The summed E-state index contributed by atoms with van der Waals surface area (Å²) in [6, 6.07) is 12.8. The number of halogens is 2. The Bertz CT molecular complexity index is 1040. The van der Waals surface area contributed by atoms with Gasteiger partial charge in [-0.25, -0.2) is 9.59 Å². The minimum Gasteiger partial charge on any atom is -0.482 e. The average molecular weight is 523 g/mol. The van der Waals surface area contributed by atoms with Gasteiger partial charge in [0.2, 0.25) is 0 Å². The third kappa shape index (κ3) is 9.68. The van der Waals surface area contributed by atoms with E-state index in [2.05, 4.69) is 15.4 Å². The zero-order valence-corrected chi connectivity index (χ0v) is 21.1. The Morgan fingerprint density at radius 1 is 0.973 bits per heavy atom. The molecule has 0 fully saturated rings. The molecular formula is C26H32F2N2O7. The molecule has 0 aliphatic rings. The van der Waals surface area contributed by atoms with E-state index in [0.717, 1.165) is 0 Å². The highest BCUT2D eigenvalue weighted by Crippen LogP contribution is 2.25. The largest absolute Gasteiger partial charge is 0.482 e. The number of carbonyl (C=O) groups excluding carboxylic acids is 3. The van der Waals surface area contributed by atoms with Crippen LogP contribution in [0.4, 0.5) is 13.6 Å². The number of amides is 2. The molecule has 3 N–H and O–H groups in total. The fourth-order valence-corrected chi connectivity index (χ4v) is 3.16. The number of hydrogen-bond acceptors (Lipinski definition) is 7. The van der Waals surface area contributed by atoms with Gasteiger partial charge >= 0.3 is 18.0 Å². The Labute approximate surface area is 214 Å². The number of aliphatic hydroxyl groups is 1. The molecule has 2 atom stereocenters. The van der Waals surface area contributed by atoms with Gasteiger partial charge in [-0.3, -0.25) is 4.79 Å². The van der Waals surface area contributed by atoms with Gasteiger partial charge in [0, 0.05) is 6.54 Å². The number of rotatable bonds is 11. The molecular weight excluding hydrogens is 490 g/mol. The Morgan fingerprint density at radius 3 is 2.16 bits per heavy atom. The van der Waals surface area contributed by atoms with E-state index in [9.17, 15) is 19.5 Å². The van der Waals surface area contributed by atoms with Crippen LogP contribution < -0.4 is 15.4 Å². The number of nitrogens with one attached hydrogen (secondary N) is 2. The fourth-order valence-electron chi connectivity index (χ4n) is 3.16. The minimum atomic E-state index is -4.24. The molecule has 37 heavy (non-hydrogen) atoms. The van der Waals surface area contributed by atoms with Crippen molar-refractivity contribution in [3.63, 3.8) is 0 Å². The van der Waals surface area contributed by atoms with Crippen molar-refractivity contribution in [3.05, 3.63) is 65.7 Å². The lowest BCUT2D eigenvalue weighted by molar-refractivity contribution is -0.167. The van der Waals surface area contributed by atoms with Crippen LogP contribution in [0.5, 0.6) is 5.75 Å². The molecule has 0 saturated heterocycles. The zero-order chi connectivity index (χ0) is 27.6. The van der Waals surface area contributed by atoms with E-state index in [0.29, 0.717) is 16.9 Å².